The molecule has 1 fully saturated rings. The number of hydrogen-bond acceptors (Lipinski definition) is 2. The Kier molecular flexibility index (Phi) is 3.40. The van der Waals surface area contributed by atoms with Gasteiger partial charge in [0.25, 0.3) is 0 Å². The molecule has 0 aliphatic heterocycles. The molecule has 1 heterocycles. The van der Waals surface area contributed by atoms with Gasteiger partial charge in [-0.2, -0.15) is 13.2 Å². The minimum atomic E-state index is -4.23. The van der Waals surface area contributed by atoms with E-state index in [4.69, 9.17) is 0 Å². The molecule has 0 aromatic carbocycles. The van der Waals surface area contributed by atoms with E-state index in [9.17, 15) is 18.3 Å². The van der Waals surface area contributed by atoms with Crippen molar-refractivity contribution < 1.29 is 18.3 Å². The average molecular weight is 262 g/mol. The first-order valence-electron chi connectivity index (χ1n) is 6.05. The summed E-state index contributed by atoms with van der Waals surface area (Å²) in [5.74, 6) is -1.40. The van der Waals surface area contributed by atoms with E-state index in [0.717, 1.165) is 11.4 Å². The van der Waals surface area contributed by atoms with Crippen molar-refractivity contribution in [3.8, 4) is 0 Å². The molecule has 1 aliphatic carbocycles. The quantitative estimate of drug-likeness (QED) is 0.845. The Bertz CT molecular complexity index is 427. The maximum absolute atomic E-state index is 13.0. The van der Waals surface area contributed by atoms with Crippen molar-refractivity contribution in [3.05, 3.63) is 17.7 Å². The first kappa shape index (κ1) is 13.4. The van der Waals surface area contributed by atoms with Crippen LogP contribution in [0.4, 0.5) is 13.2 Å². The van der Waals surface area contributed by atoms with Crippen LogP contribution in [0, 0.1) is 19.8 Å². The summed E-state index contributed by atoms with van der Waals surface area (Å²) in [6, 6.07) is -0.741. The predicted molar refractivity (Wildman–Crippen MR) is 60.1 cm³/mol. The second-order valence-corrected chi connectivity index (χ2v) is 5.00. The zero-order valence-electron chi connectivity index (χ0n) is 10.4. The molecule has 18 heavy (non-hydrogen) atoms. The Balaban J connectivity index is 2.34. The van der Waals surface area contributed by atoms with Gasteiger partial charge in [0.2, 0.25) is 0 Å². The number of rotatable bonds is 1. The minimum absolute atomic E-state index is 0.0218. The molecule has 0 spiro atoms. The predicted octanol–water partition coefficient (Wildman–Crippen LogP) is 2.76. The number of imidazole rings is 1. The molecule has 0 amide bonds. The number of nitrogens with zero attached hydrogens (tertiary/aromatic N) is 2. The lowest BCUT2D eigenvalue weighted by molar-refractivity contribution is -0.198. The molecule has 0 saturated heterocycles. The fourth-order valence-electron chi connectivity index (χ4n) is 2.66. The van der Waals surface area contributed by atoms with E-state index in [2.05, 4.69) is 4.98 Å². The third-order valence-electron chi connectivity index (χ3n) is 3.85. The topological polar surface area (TPSA) is 38.0 Å². The van der Waals surface area contributed by atoms with Crippen LogP contribution < -0.4 is 0 Å². The van der Waals surface area contributed by atoms with E-state index in [0.29, 0.717) is 0 Å². The molecule has 3 nitrogen and oxygen atoms in total. The van der Waals surface area contributed by atoms with Crippen molar-refractivity contribution in [2.24, 2.45) is 5.92 Å². The maximum atomic E-state index is 13.0. The fourth-order valence-corrected chi connectivity index (χ4v) is 2.66. The lowest BCUT2D eigenvalue weighted by Crippen LogP contribution is -2.38. The summed E-state index contributed by atoms with van der Waals surface area (Å²) in [5.41, 5.74) is 1.47. The highest BCUT2D eigenvalue weighted by atomic mass is 19.4. The maximum Gasteiger partial charge on any atom is 0.393 e. The highest BCUT2D eigenvalue weighted by Gasteiger charge is 2.48. The van der Waals surface area contributed by atoms with E-state index in [-0.39, 0.29) is 19.3 Å². The highest BCUT2D eigenvalue weighted by Crippen LogP contribution is 2.44. The normalized spacial score (nSPS) is 29.6. The van der Waals surface area contributed by atoms with Gasteiger partial charge in [-0.05, 0) is 33.1 Å². The molecule has 1 aromatic heterocycles. The van der Waals surface area contributed by atoms with Crippen molar-refractivity contribution in [2.45, 2.75) is 51.4 Å². The molecule has 1 aliphatic rings. The Labute approximate surface area is 104 Å². The van der Waals surface area contributed by atoms with Crippen LogP contribution in [-0.2, 0) is 0 Å². The Morgan fingerprint density at radius 1 is 1.33 bits per heavy atom. The van der Waals surface area contributed by atoms with Crippen LogP contribution in [0.25, 0.3) is 0 Å². The third-order valence-corrected chi connectivity index (χ3v) is 3.85. The lowest BCUT2D eigenvalue weighted by Gasteiger charge is -2.36. The molecule has 1 aromatic rings. The van der Waals surface area contributed by atoms with E-state index in [1.54, 1.807) is 18.4 Å². The van der Waals surface area contributed by atoms with Crippen LogP contribution in [-0.4, -0.2) is 26.9 Å². The minimum Gasteiger partial charge on any atom is -0.393 e. The number of aliphatic hydroxyl groups is 1. The van der Waals surface area contributed by atoms with Gasteiger partial charge in [-0.25, -0.2) is 4.98 Å². The largest absolute Gasteiger partial charge is 0.393 e. The number of aliphatic hydroxyl groups excluding tert-OH is 1. The summed E-state index contributed by atoms with van der Waals surface area (Å²) in [5, 5.41) is 9.62. The van der Waals surface area contributed by atoms with Crippen LogP contribution in [0.2, 0.25) is 0 Å². The number of alkyl halides is 3. The van der Waals surface area contributed by atoms with Crippen molar-refractivity contribution >= 4 is 0 Å². The van der Waals surface area contributed by atoms with Gasteiger partial charge in [0.15, 0.2) is 0 Å². The van der Waals surface area contributed by atoms with E-state index in [1.165, 1.54) is 6.33 Å². The van der Waals surface area contributed by atoms with Gasteiger partial charge in [-0.3, -0.25) is 0 Å². The van der Waals surface area contributed by atoms with Gasteiger partial charge in [0, 0.05) is 11.7 Å². The molecule has 6 heteroatoms. The third kappa shape index (κ3) is 2.39. The highest BCUT2D eigenvalue weighted by molar-refractivity contribution is 5.11. The van der Waals surface area contributed by atoms with E-state index < -0.39 is 24.2 Å². The zero-order chi connectivity index (χ0) is 13.5. The summed E-state index contributed by atoms with van der Waals surface area (Å²) in [7, 11) is 0. The van der Waals surface area contributed by atoms with Crippen LogP contribution in [0.15, 0.2) is 6.33 Å². The molecule has 2 rings (SSSR count). The molecule has 0 radical (unpaired) electrons. The smallest absolute Gasteiger partial charge is 0.393 e. The standard InChI is InChI=1S/C12H17F3N2O/c1-7-8(2)17(6-16-7)11-5-9(18)3-4-10(11)12(13,14)15/h6,9-11,18H,3-5H2,1-2H3. The summed E-state index contributed by atoms with van der Waals surface area (Å²) in [6.07, 6.45) is -3.10. The molecule has 3 unspecified atom stereocenters. The van der Waals surface area contributed by atoms with E-state index in [1.807, 2.05) is 0 Å². The van der Waals surface area contributed by atoms with Gasteiger partial charge in [0.05, 0.1) is 24.0 Å². The molecule has 0 bridgehead atoms. The fraction of sp³-hybridized carbons (Fsp3) is 0.750. The summed E-state index contributed by atoms with van der Waals surface area (Å²) in [4.78, 5) is 4.05. The van der Waals surface area contributed by atoms with Gasteiger partial charge < -0.3 is 9.67 Å². The number of halogens is 3. The monoisotopic (exact) mass is 262 g/mol. The molecular formula is C12H17F3N2O. The Morgan fingerprint density at radius 2 is 2.00 bits per heavy atom. The zero-order valence-corrected chi connectivity index (χ0v) is 10.4. The number of hydrogen-bond donors (Lipinski definition) is 1. The summed E-state index contributed by atoms with van der Waals surface area (Å²) in [6.45, 7) is 3.53. The van der Waals surface area contributed by atoms with Crippen LogP contribution in [0.1, 0.15) is 36.7 Å². The van der Waals surface area contributed by atoms with Crippen LogP contribution >= 0.6 is 0 Å². The summed E-state index contributed by atoms with van der Waals surface area (Å²) >= 11 is 0. The van der Waals surface area contributed by atoms with Gasteiger partial charge in [0.1, 0.15) is 0 Å². The average Bonchev–Trinajstić information content (AvgIpc) is 2.58. The van der Waals surface area contributed by atoms with Crippen LogP contribution in [0.3, 0.4) is 0 Å². The van der Waals surface area contributed by atoms with E-state index >= 15 is 0 Å². The molecule has 1 N–H and O–H groups in total. The number of aromatic nitrogens is 2. The Morgan fingerprint density at radius 3 is 2.50 bits per heavy atom. The second-order valence-electron chi connectivity index (χ2n) is 5.00. The van der Waals surface area contributed by atoms with Crippen molar-refractivity contribution in [1.82, 2.24) is 9.55 Å². The molecule has 3 atom stereocenters. The van der Waals surface area contributed by atoms with Crippen molar-refractivity contribution in [3.63, 3.8) is 0 Å². The summed E-state index contributed by atoms with van der Waals surface area (Å²) < 4.78 is 40.6. The van der Waals surface area contributed by atoms with Crippen LogP contribution in [0.5, 0.6) is 0 Å². The van der Waals surface area contributed by atoms with Crippen molar-refractivity contribution in [2.75, 3.05) is 0 Å². The molecule has 102 valence electrons. The molecule has 1 saturated carbocycles. The SMILES string of the molecule is Cc1ncn(C2CC(O)CCC2C(F)(F)F)c1C. The first-order chi connectivity index (χ1) is 8.30. The van der Waals surface area contributed by atoms with Gasteiger partial charge in [-0.15, -0.1) is 0 Å². The number of aryl methyl sites for hydroxylation is 1. The first-order valence-corrected chi connectivity index (χ1v) is 6.05. The molecular weight excluding hydrogens is 245 g/mol. The van der Waals surface area contributed by atoms with Crippen molar-refractivity contribution in [1.29, 1.82) is 0 Å². The Hall–Kier alpha value is -1.04. The lowest BCUT2D eigenvalue weighted by atomic mass is 9.82. The second kappa shape index (κ2) is 4.57. The van der Waals surface area contributed by atoms with Gasteiger partial charge >= 0.3 is 6.18 Å². The van der Waals surface area contributed by atoms with Gasteiger partial charge in [-0.1, -0.05) is 0 Å².